The van der Waals surface area contributed by atoms with Gasteiger partial charge < -0.3 is 5.41 Å². The monoisotopic (exact) mass is 561 g/mol. The number of benzene rings is 3. The summed E-state index contributed by atoms with van der Waals surface area (Å²) < 4.78 is 0. The second kappa shape index (κ2) is 19.4. The van der Waals surface area contributed by atoms with Crippen molar-refractivity contribution in [3.05, 3.63) is 132 Å². The van der Waals surface area contributed by atoms with Crippen LogP contribution in [0, 0.1) is 17.7 Å². The Bertz CT molecular complexity index is 1330. The van der Waals surface area contributed by atoms with E-state index in [1.54, 1.807) is 0 Å². The predicted octanol–water partition coefficient (Wildman–Crippen LogP) is 12.7. The fourth-order valence-electron chi connectivity index (χ4n) is 4.81. The summed E-state index contributed by atoms with van der Waals surface area (Å²) in [4.78, 5) is 0. The average Bonchev–Trinajstić information content (AvgIpc) is 3.01. The van der Waals surface area contributed by atoms with Crippen molar-refractivity contribution >= 4 is 17.4 Å². The molecule has 3 aromatic carbocycles. The predicted molar refractivity (Wildman–Crippen MR) is 192 cm³/mol. The topological polar surface area (TPSA) is 23.9 Å². The minimum absolute atomic E-state index is 0.315. The second-order valence-electron chi connectivity index (χ2n) is 10.8. The molecule has 0 saturated heterocycles. The molecular formula is C41H55N. The van der Waals surface area contributed by atoms with Crippen LogP contribution in [-0.2, 0) is 6.42 Å². The molecule has 0 fully saturated rings. The molecule has 4 rings (SSSR count). The van der Waals surface area contributed by atoms with Gasteiger partial charge >= 0.3 is 0 Å². The molecule has 1 aliphatic carbocycles. The van der Waals surface area contributed by atoms with E-state index in [1.165, 1.54) is 58.0 Å². The van der Waals surface area contributed by atoms with Gasteiger partial charge in [-0.15, -0.1) is 0 Å². The maximum atomic E-state index is 6.96. The first-order chi connectivity index (χ1) is 20.3. The summed E-state index contributed by atoms with van der Waals surface area (Å²) in [6.07, 6.45) is 16.8. The number of aryl methyl sites for hydroxylation is 2. The SMILES string of the molecule is C=C/C=C(\C=C/C)c1cc(C2=CC(C)(C)C2)cc(-c2ccc(CCCC)cc2)c1.CC.CC.Cc1ccccc1C=N. The Morgan fingerprint density at radius 3 is 2.02 bits per heavy atom. The molecule has 0 saturated carbocycles. The van der Waals surface area contributed by atoms with Crippen LogP contribution in [0.15, 0.2) is 104 Å². The van der Waals surface area contributed by atoms with Gasteiger partial charge in [0.1, 0.15) is 0 Å². The third-order valence-corrected chi connectivity index (χ3v) is 6.94. The standard InChI is InChI=1S/C29H34.C8H9N.2C2H6/c1-6-9-12-22-13-15-24(16-14-22)26-17-25(23(10-7-2)11-8-3)18-27(19-26)28-20-29(4,5)21-28;1-7-4-2-3-5-8(7)6-9;2*1-2/h7-8,10-11,13-20H,2,6,9,12,21H2,1,3-5H3;2-6,9H,1H3;2*1-2H3/b11-8-,23-10+;;;. The second-order valence-corrected chi connectivity index (χ2v) is 10.8. The maximum absolute atomic E-state index is 6.96. The third-order valence-electron chi connectivity index (χ3n) is 6.94. The van der Waals surface area contributed by atoms with Crippen molar-refractivity contribution in [2.24, 2.45) is 5.41 Å². The molecule has 1 aliphatic rings. The van der Waals surface area contributed by atoms with Crippen molar-refractivity contribution in [2.45, 2.75) is 88.0 Å². The zero-order valence-corrected chi connectivity index (χ0v) is 27.9. The first-order valence-electron chi connectivity index (χ1n) is 15.8. The molecule has 0 heterocycles. The van der Waals surface area contributed by atoms with Crippen molar-refractivity contribution in [2.75, 3.05) is 0 Å². The van der Waals surface area contributed by atoms with E-state index < -0.39 is 0 Å². The van der Waals surface area contributed by atoms with Crippen LogP contribution < -0.4 is 0 Å². The summed E-state index contributed by atoms with van der Waals surface area (Å²) in [6, 6.07) is 24.0. The van der Waals surface area contributed by atoms with E-state index in [4.69, 9.17) is 5.41 Å². The molecule has 224 valence electrons. The Morgan fingerprint density at radius 1 is 0.905 bits per heavy atom. The smallest absolute Gasteiger partial charge is 0.0252 e. The molecule has 0 aromatic heterocycles. The van der Waals surface area contributed by atoms with Gasteiger partial charge in [0.25, 0.3) is 0 Å². The van der Waals surface area contributed by atoms with Crippen molar-refractivity contribution in [3.63, 3.8) is 0 Å². The van der Waals surface area contributed by atoms with E-state index in [0.29, 0.717) is 5.41 Å². The molecule has 0 atom stereocenters. The maximum Gasteiger partial charge on any atom is 0.0252 e. The Balaban J connectivity index is 0.000000569. The molecular weight excluding hydrogens is 506 g/mol. The van der Waals surface area contributed by atoms with Gasteiger partial charge in [-0.2, -0.15) is 0 Å². The lowest BCUT2D eigenvalue weighted by Crippen LogP contribution is -2.18. The Kier molecular flexibility index (Phi) is 16.8. The van der Waals surface area contributed by atoms with E-state index >= 15 is 0 Å². The highest BCUT2D eigenvalue weighted by Gasteiger charge is 2.27. The Morgan fingerprint density at radius 2 is 1.52 bits per heavy atom. The Hall–Kier alpha value is -3.71. The summed E-state index contributed by atoms with van der Waals surface area (Å²) in [7, 11) is 0. The molecule has 0 unspecified atom stereocenters. The molecule has 0 aliphatic heterocycles. The van der Waals surface area contributed by atoms with Crippen LogP contribution >= 0.6 is 0 Å². The molecule has 0 radical (unpaired) electrons. The number of allylic oxidation sites excluding steroid dienone is 7. The fourth-order valence-corrected chi connectivity index (χ4v) is 4.81. The lowest BCUT2D eigenvalue weighted by molar-refractivity contribution is 0.457. The van der Waals surface area contributed by atoms with Crippen molar-refractivity contribution in [1.82, 2.24) is 0 Å². The van der Waals surface area contributed by atoms with E-state index in [-0.39, 0.29) is 0 Å². The number of hydrogen-bond donors (Lipinski definition) is 1. The molecule has 0 amide bonds. The Labute approximate surface area is 258 Å². The largest absolute Gasteiger partial charge is 0.308 e. The molecule has 3 aromatic rings. The van der Waals surface area contributed by atoms with Crippen molar-refractivity contribution < 1.29 is 0 Å². The first-order valence-corrected chi connectivity index (χ1v) is 15.8. The molecule has 1 heteroatoms. The van der Waals surface area contributed by atoms with Crippen LogP contribution in [0.1, 0.15) is 102 Å². The van der Waals surface area contributed by atoms with Gasteiger partial charge in [-0.3, -0.25) is 0 Å². The van der Waals surface area contributed by atoms with Gasteiger partial charge in [-0.1, -0.05) is 140 Å². The van der Waals surface area contributed by atoms with Crippen LogP contribution in [0.2, 0.25) is 0 Å². The van der Waals surface area contributed by atoms with Crippen molar-refractivity contribution in [1.29, 1.82) is 5.41 Å². The average molecular weight is 562 g/mol. The summed E-state index contributed by atoms with van der Waals surface area (Å²) in [5.74, 6) is 0. The third kappa shape index (κ3) is 11.3. The number of hydrogen-bond acceptors (Lipinski definition) is 1. The summed E-state index contributed by atoms with van der Waals surface area (Å²) in [5.41, 5.74) is 11.7. The number of nitrogens with one attached hydrogen (secondary N) is 1. The van der Waals surface area contributed by atoms with E-state index in [9.17, 15) is 0 Å². The van der Waals surface area contributed by atoms with Crippen LogP contribution in [-0.4, -0.2) is 6.21 Å². The zero-order valence-electron chi connectivity index (χ0n) is 27.9. The summed E-state index contributed by atoms with van der Waals surface area (Å²) in [5, 5.41) is 6.96. The molecule has 0 bridgehead atoms. The van der Waals surface area contributed by atoms with Gasteiger partial charge in [0.15, 0.2) is 0 Å². The van der Waals surface area contributed by atoms with Gasteiger partial charge in [0, 0.05) is 6.21 Å². The highest BCUT2D eigenvalue weighted by atomic mass is 14.3. The van der Waals surface area contributed by atoms with Gasteiger partial charge in [-0.05, 0) is 107 Å². The highest BCUT2D eigenvalue weighted by molar-refractivity contribution is 5.84. The van der Waals surface area contributed by atoms with Gasteiger partial charge in [-0.25, -0.2) is 0 Å². The van der Waals surface area contributed by atoms with Gasteiger partial charge in [0.2, 0.25) is 0 Å². The lowest BCUT2D eigenvalue weighted by Gasteiger charge is -2.33. The summed E-state index contributed by atoms with van der Waals surface area (Å²) >= 11 is 0. The van der Waals surface area contributed by atoms with Crippen LogP contribution in [0.25, 0.3) is 22.3 Å². The van der Waals surface area contributed by atoms with E-state index in [0.717, 1.165) is 24.0 Å². The van der Waals surface area contributed by atoms with Crippen LogP contribution in [0.5, 0.6) is 0 Å². The quantitative estimate of drug-likeness (QED) is 0.198. The fraction of sp³-hybridized carbons (Fsp3) is 0.341. The molecule has 42 heavy (non-hydrogen) atoms. The van der Waals surface area contributed by atoms with Crippen molar-refractivity contribution in [3.8, 4) is 11.1 Å². The summed E-state index contributed by atoms with van der Waals surface area (Å²) in [6.45, 7) is 22.8. The van der Waals surface area contributed by atoms with Crippen LogP contribution in [0.4, 0.5) is 0 Å². The highest BCUT2D eigenvalue weighted by Crippen LogP contribution is 2.44. The van der Waals surface area contributed by atoms with E-state index in [2.05, 4.69) is 101 Å². The molecule has 0 spiro atoms. The van der Waals surface area contributed by atoms with E-state index in [1.807, 2.05) is 65.0 Å². The lowest BCUT2D eigenvalue weighted by atomic mass is 9.71. The van der Waals surface area contributed by atoms with Gasteiger partial charge in [0.05, 0.1) is 0 Å². The number of rotatable bonds is 9. The number of unbranched alkanes of at least 4 members (excludes halogenated alkanes) is 1. The van der Waals surface area contributed by atoms with Crippen LogP contribution in [0.3, 0.4) is 0 Å². The molecule has 1 N–H and O–H groups in total. The minimum Gasteiger partial charge on any atom is -0.308 e. The molecule has 1 nitrogen and oxygen atoms in total. The normalized spacial score (nSPS) is 13.2. The first kappa shape index (κ1) is 36.3. The minimum atomic E-state index is 0.315. The zero-order chi connectivity index (χ0) is 31.5.